The van der Waals surface area contributed by atoms with E-state index in [1.165, 1.54) is 0 Å². The van der Waals surface area contributed by atoms with Gasteiger partial charge in [0.15, 0.2) is 11.5 Å². The predicted octanol–water partition coefficient (Wildman–Crippen LogP) is 2.94. The van der Waals surface area contributed by atoms with E-state index in [2.05, 4.69) is 0 Å². The summed E-state index contributed by atoms with van der Waals surface area (Å²) < 4.78 is 11.0. The Morgan fingerprint density at radius 3 is 2.62 bits per heavy atom. The summed E-state index contributed by atoms with van der Waals surface area (Å²) in [4.78, 5) is 0. The van der Waals surface area contributed by atoms with Crippen LogP contribution in [0.2, 0.25) is 5.02 Å². The average Bonchev–Trinajstić information content (AvgIpc) is 3.03. The minimum Gasteiger partial charge on any atom is -0.493 e. The highest BCUT2D eigenvalue weighted by atomic mass is 35.5. The van der Waals surface area contributed by atoms with E-state index in [1.807, 2.05) is 0 Å². The molecule has 1 atom stereocenters. The molecule has 0 amide bonds. The number of methoxy groups -OCH3 is 1. The summed E-state index contributed by atoms with van der Waals surface area (Å²) in [5.74, 6) is 1.19. The number of benzene rings is 1. The zero-order valence-corrected chi connectivity index (χ0v) is 10.1. The summed E-state index contributed by atoms with van der Waals surface area (Å²) in [7, 11) is 1.57. The third-order valence-corrected chi connectivity index (χ3v) is 2.75. The molecule has 4 heteroatoms. The molecule has 1 saturated carbocycles. The van der Waals surface area contributed by atoms with Crippen LogP contribution in [0.15, 0.2) is 12.1 Å². The lowest BCUT2D eigenvalue weighted by atomic mass is 10.1. The summed E-state index contributed by atoms with van der Waals surface area (Å²) in [6.07, 6.45) is 1.75. The highest BCUT2D eigenvalue weighted by Crippen LogP contribution is 2.41. The largest absolute Gasteiger partial charge is 0.493 e. The van der Waals surface area contributed by atoms with Crippen molar-refractivity contribution in [2.45, 2.75) is 32.0 Å². The van der Waals surface area contributed by atoms with E-state index in [-0.39, 0.29) is 6.10 Å². The van der Waals surface area contributed by atoms with Crippen LogP contribution >= 0.6 is 11.6 Å². The normalized spacial score (nSPS) is 17.0. The van der Waals surface area contributed by atoms with Gasteiger partial charge < -0.3 is 14.6 Å². The zero-order valence-electron chi connectivity index (χ0n) is 9.37. The summed E-state index contributed by atoms with van der Waals surface area (Å²) >= 11 is 5.95. The maximum atomic E-state index is 9.69. The Balaban J connectivity index is 2.41. The Hall–Kier alpha value is -0.930. The molecule has 0 heterocycles. The molecule has 0 radical (unpaired) electrons. The Morgan fingerprint density at radius 1 is 1.44 bits per heavy atom. The molecule has 1 unspecified atom stereocenters. The quantitative estimate of drug-likeness (QED) is 0.882. The van der Waals surface area contributed by atoms with E-state index in [1.54, 1.807) is 26.2 Å². The number of rotatable bonds is 4. The van der Waals surface area contributed by atoms with E-state index in [4.69, 9.17) is 21.1 Å². The molecule has 1 aromatic rings. The highest BCUT2D eigenvalue weighted by Gasteiger charge is 2.27. The average molecular weight is 243 g/mol. The van der Waals surface area contributed by atoms with Gasteiger partial charge in [-0.25, -0.2) is 0 Å². The second-order valence-electron chi connectivity index (χ2n) is 4.02. The Labute approximate surface area is 99.9 Å². The van der Waals surface area contributed by atoms with Gasteiger partial charge in [-0.15, -0.1) is 0 Å². The standard InChI is InChI=1S/C12H15ClO3/c1-7(14)10-5-8(13)6-11(15-2)12(10)16-9-3-4-9/h5-7,9,14H,3-4H2,1-2H3. The smallest absolute Gasteiger partial charge is 0.167 e. The lowest BCUT2D eigenvalue weighted by Gasteiger charge is -2.17. The van der Waals surface area contributed by atoms with Crippen molar-refractivity contribution in [3.8, 4) is 11.5 Å². The SMILES string of the molecule is COc1cc(Cl)cc(C(C)O)c1OC1CC1. The molecule has 16 heavy (non-hydrogen) atoms. The van der Waals surface area contributed by atoms with Crippen LogP contribution in [0, 0.1) is 0 Å². The lowest BCUT2D eigenvalue weighted by Crippen LogP contribution is -2.04. The van der Waals surface area contributed by atoms with Crippen LogP contribution in [-0.2, 0) is 0 Å². The number of aliphatic hydroxyl groups excluding tert-OH is 1. The van der Waals surface area contributed by atoms with E-state index >= 15 is 0 Å². The van der Waals surface area contributed by atoms with Crippen LogP contribution in [0.5, 0.6) is 11.5 Å². The molecule has 1 aliphatic carbocycles. The van der Waals surface area contributed by atoms with Gasteiger partial charge in [0.05, 0.1) is 19.3 Å². The maximum Gasteiger partial charge on any atom is 0.167 e. The van der Waals surface area contributed by atoms with Gasteiger partial charge in [0.2, 0.25) is 0 Å². The topological polar surface area (TPSA) is 38.7 Å². The molecule has 1 N–H and O–H groups in total. The van der Waals surface area contributed by atoms with Gasteiger partial charge in [0, 0.05) is 16.7 Å². The summed E-state index contributed by atoms with van der Waals surface area (Å²) in [6.45, 7) is 1.69. The molecule has 1 aliphatic rings. The van der Waals surface area contributed by atoms with E-state index in [9.17, 15) is 5.11 Å². The van der Waals surface area contributed by atoms with Crippen molar-refractivity contribution in [1.29, 1.82) is 0 Å². The van der Waals surface area contributed by atoms with E-state index < -0.39 is 6.10 Å². The van der Waals surface area contributed by atoms with Crippen molar-refractivity contribution >= 4 is 11.6 Å². The first kappa shape index (κ1) is 11.6. The third-order valence-electron chi connectivity index (χ3n) is 2.53. The lowest BCUT2D eigenvalue weighted by molar-refractivity contribution is 0.187. The van der Waals surface area contributed by atoms with Gasteiger partial charge in [-0.2, -0.15) is 0 Å². The molecule has 1 fully saturated rings. The van der Waals surface area contributed by atoms with E-state index in [0.717, 1.165) is 12.8 Å². The van der Waals surface area contributed by atoms with Crippen LogP contribution in [0.4, 0.5) is 0 Å². The number of ether oxygens (including phenoxy) is 2. The summed E-state index contributed by atoms with van der Waals surface area (Å²) in [5.41, 5.74) is 0.677. The number of halogens is 1. The van der Waals surface area contributed by atoms with E-state index in [0.29, 0.717) is 22.1 Å². The minimum absolute atomic E-state index is 0.257. The molecule has 0 bridgehead atoms. The first-order valence-electron chi connectivity index (χ1n) is 5.34. The predicted molar refractivity (Wildman–Crippen MR) is 62.3 cm³/mol. The van der Waals surface area contributed by atoms with Crippen molar-refractivity contribution in [3.63, 3.8) is 0 Å². The fourth-order valence-corrected chi connectivity index (χ4v) is 1.75. The molecule has 3 nitrogen and oxygen atoms in total. The van der Waals surface area contributed by atoms with Gasteiger partial charge in [0.25, 0.3) is 0 Å². The van der Waals surface area contributed by atoms with Crippen LogP contribution in [0.3, 0.4) is 0 Å². The van der Waals surface area contributed by atoms with Crippen molar-refractivity contribution in [3.05, 3.63) is 22.7 Å². The molecular weight excluding hydrogens is 228 g/mol. The summed E-state index contributed by atoms with van der Waals surface area (Å²) in [6, 6.07) is 3.41. The van der Waals surface area contributed by atoms with Crippen LogP contribution in [-0.4, -0.2) is 18.3 Å². The number of hydrogen-bond acceptors (Lipinski definition) is 3. The van der Waals surface area contributed by atoms with Crippen molar-refractivity contribution in [2.24, 2.45) is 0 Å². The molecule has 2 rings (SSSR count). The van der Waals surface area contributed by atoms with Gasteiger partial charge in [0.1, 0.15) is 0 Å². The van der Waals surface area contributed by atoms with Gasteiger partial charge in [-0.05, 0) is 25.8 Å². The Morgan fingerprint density at radius 2 is 2.12 bits per heavy atom. The molecule has 0 saturated heterocycles. The number of aliphatic hydroxyl groups is 1. The second kappa shape index (κ2) is 4.52. The van der Waals surface area contributed by atoms with Crippen molar-refractivity contribution < 1.29 is 14.6 Å². The monoisotopic (exact) mass is 242 g/mol. The molecule has 1 aromatic carbocycles. The zero-order chi connectivity index (χ0) is 11.7. The Bertz CT molecular complexity index is 386. The number of hydrogen-bond donors (Lipinski definition) is 1. The van der Waals surface area contributed by atoms with Gasteiger partial charge in [-0.1, -0.05) is 11.6 Å². The first-order chi connectivity index (χ1) is 7.61. The highest BCUT2D eigenvalue weighted by molar-refractivity contribution is 6.30. The molecule has 0 aliphatic heterocycles. The fourth-order valence-electron chi connectivity index (χ4n) is 1.53. The molecule has 0 aromatic heterocycles. The first-order valence-corrected chi connectivity index (χ1v) is 5.71. The molecule has 88 valence electrons. The van der Waals surface area contributed by atoms with Crippen LogP contribution in [0.1, 0.15) is 31.4 Å². The molecular formula is C12H15ClO3. The summed E-state index contributed by atoms with van der Waals surface area (Å²) in [5, 5.41) is 10.2. The van der Waals surface area contributed by atoms with Gasteiger partial charge >= 0.3 is 0 Å². The third kappa shape index (κ3) is 2.42. The maximum absolute atomic E-state index is 9.69. The van der Waals surface area contributed by atoms with Crippen LogP contribution < -0.4 is 9.47 Å². The molecule has 0 spiro atoms. The van der Waals surface area contributed by atoms with Crippen molar-refractivity contribution in [1.82, 2.24) is 0 Å². The van der Waals surface area contributed by atoms with Crippen LogP contribution in [0.25, 0.3) is 0 Å². The fraction of sp³-hybridized carbons (Fsp3) is 0.500. The second-order valence-corrected chi connectivity index (χ2v) is 4.46. The minimum atomic E-state index is -0.624. The Kier molecular flexibility index (Phi) is 3.26. The van der Waals surface area contributed by atoms with Crippen molar-refractivity contribution in [2.75, 3.05) is 7.11 Å². The van der Waals surface area contributed by atoms with Gasteiger partial charge in [-0.3, -0.25) is 0 Å².